The van der Waals surface area contributed by atoms with Crippen LogP contribution in [0.2, 0.25) is 5.02 Å². The quantitative estimate of drug-likeness (QED) is 0.393. The Labute approximate surface area is 224 Å². The molecule has 3 aromatic carbocycles. The lowest BCUT2D eigenvalue weighted by Crippen LogP contribution is -2.54. The van der Waals surface area contributed by atoms with Crippen molar-refractivity contribution in [1.29, 1.82) is 0 Å². The van der Waals surface area contributed by atoms with Crippen molar-refractivity contribution in [2.24, 2.45) is 0 Å². The van der Waals surface area contributed by atoms with Crippen LogP contribution in [0, 0.1) is 0 Å². The van der Waals surface area contributed by atoms with Crippen molar-refractivity contribution in [1.82, 2.24) is 10.2 Å². The summed E-state index contributed by atoms with van der Waals surface area (Å²) in [7, 11) is -3.81. The average Bonchev–Trinajstić information content (AvgIpc) is 2.85. The first-order chi connectivity index (χ1) is 17.5. The molecule has 1 N–H and O–H groups in total. The first kappa shape index (κ1) is 28.2. The molecule has 7 nitrogen and oxygen atoms in total. The molecule has 37 heavy (non-hydrogen) atoms. The molecular weight excluding hydrogens is 510 g/mol. The van der Waals surface area contributed by atoms with Crippen molar-refractivity contribution in [3.05, 3.63) is 101 Å². The number of halogens is 1. The Balaban J connectivity index is 2.02. The first-order valence-corrected chi connectivity index (χ1v) is 14.2. The second kappa shape index (κ2) is 12.7. The summed E-state index contributed by atoms with van der Waals surface area (Å²) in [6, 6.07) is 24.0. The van der Waals surface area contributed by atoms with E-state index < -0.39 is 28.5 Å². The van der Waals surface area contributed by atoms with Crippen LogP contribution in [0.5, 0.6) is 0 Å². The zero-order valence-corrected chi connectivity index (χ0v) is 22.7. The van der Waals surface area contributed by atoms with Crippen molar-refractivity contribution >= 4 is 39.1 Å². The Hall–Kier alpha value is -3.36. The van der Waals surface area contributed by atoms with Gasteiger partial charge in [-0.25, -0.2) is 8.42 Å². The molecule has 9 heteroatoms. The fourth-order valence-corrected chi connectivity index (χ4v) is 4.91. The lowest BCUT2D eigenvalue weighted by molar-refractivity contribution is -0.140. The van der Waals surface area contributed by atoms with Gasteiger partial charge in [0.2, 0.25) is 21.8 Å². The highest BCUT2D eigenvalue weighted by atomic mass is 35.5. The number of sulfonamides is 1. The Kier molecular flexibility index (Phi) is 9.72. The van der Waals surface area contributed by atoms with Crippen molar-refractivity contribution in [2.45, 2.75) is 38.9 Å². The Morgan fingerprint density at radius 2 is 1.41 bits per heavy atom. The van der Waals surface area contributed by atoms with E-state index in [1.54, 1.807) is 24.3 Å². The number of rotatable bonds is 11. The number of hydrogen-bond donors (Lipinski definition) is 1. The number of hydrogen-bond acceptors (Lipinski definition) is 4. The molecule has 0 aromatic heterocycles. The number of amides is 2. The minimum absolute atomic E-state index is 0.138. The van der Waals surface area contributed by atoms with Crippen LogP contribution >= 0.6 is 11.6 Å². The van der Waals surface area contributed by atoms with Gasteiger partial charge in [0, 0.05) is 24.0 Å². The Morgan fingerprint density at radius 3 is 1.92 bits per heavy atom. The van der Waals surface area contributed by atoms with E-state index in [0.29, 0.717) is 10.7 Å². The summed E-state index contributed by atoms with van der Waals surface area (Å²) in [6.45, 7) is 3.38. The molecular formula is C28H32ClN3O4S. The average molecular weight is 542 g/mol. The molecule has 0 radical (unpaired) electrons. The molecule has 2 amide bonds. The van der Waals surface area contributed by atoms with E-state index in [1.165, 1.54) is 4.90 Å². The maximum atomic E-state index is 13.9. The van der Waals surface area contributed by atoms with Crippen molar-refractivity contribution in [2.75, 3.05) is 17.1 Å². The monoisotopic (exact) mass is 541 g/mol. The standard InChI is InChI=1S/C28H32ClN3O4S/c1-21(2)30-28(34)26(18-22-10-6-4-7-11-22)31(19-23-12-8-5-9-13-23)27(33)20-32(37(3,35)36)25-16-14-24(29)15-17-25/h4-17,21,26H,18-20H2,1-3H3,(H,30,34)/t26-/m0/s1. The normalized spacial score (nSPS) is 12.1. The van der Waals surface area contributed by atoms with Crippen LogP contribution in [0.1, 0.15) is 25.0 Å². The molecule has 0 aliphatic rings. The number of anilines is 1. The number of benzene rings is 3. The van der Waals surface area contributed by atoms with Gasteiger partial charge < -0.3 is 10.2 Å². The van der Waals surface area contributed by atoms with E-state index in [4.69, 9.17) is 11.6 Å². The fraction of sp³-hybridized carbons (Fsp3) is 0.286. The van der Waals surface area contributed by atoms with E-state index in [2.05, 4.69) is 5.32 Å². The van der Waals surface area contributed by atoms with Gasteiger partial charge >= 0.3 is 0 Å². The van der Waals surface area contributed by atoms with Crippen LogP contribution in [-0.2, 0) is 32.6 Å². The second-order valence-electron chi connectivity index (χ2n) is 9.12. The molecule has 0 unspecified atom stereocenters. The van der Waals surface area contributed by atoms with E-state index in [0.717, 1.165) is 21.7 Å². The molecule has 0 bridgehead atoms. The third-order valence-corrected chi connectivity index (χ3v) is 7.08. The van der Waals surface area contributed by atoms with Gasteiger partial charge in [-0.15, -0.1) is 0 Å². The van der Waals surface area contributed by atoms with Crippen molar-refractivity contribution < 1.29 is 18.0 Å². The van der Waals surface area contributed by atoms with Crippen molar-refractivity contribution in [3.63, 3.8) is 0 Å². The molecule has 0 saturated carbocycles. The van der Waals surface area contributed by atoms with Crippen molar-refractivity contribution in [3.8, 4) is 0 Å². The topological polar surface area (TPSA) is 86.8 Å². The molecule has 0 spiro atoms. The van der Waals surface area contributed by atoms with Crippen LogP contribution in [0.15, 0.2) is 84.9 Å². The van der Waals surface area contributed by atoms with Gasteiger partial charge in [0.1, 0.15) is 12.6 Å². The second-order valence-corrected chi connectivity index (χ2v) is 11.5. The van der Waals surface area contributed by atoms with Gasteiger partial charge in [-0.2, -0.15) is 0 Å². The molecule has 196 valence electrons. The highest BCUT2D eigenvalue weighted by Crippen LogP contribution is 2.22. The molecule has 0 fully saturated rings. The van der Waals surface area contributed by atoms with E-state index >= 15 is 0 Å². The zero-order chi connectivity index (χ0) is 27.0. The predicted octanol–water partition coefficient (Wildman–Crippen LogP) is 4.27. The lowest BCUT2D eigenvalue weighted by atomic mass is 10.0. The minimum atomic E-state index is -3.81. The smallest absolute Gasteiger partial charge is 0.244 e. The van der Waals surface area contributed by atoms with E-state index in [-0.39, 0.29) is 24.9 Å². The number of carbonyl (C=O) groups is 2. The molecule has 0 heterocycles. The third-order valence-electron chi connectivity index (χ3n) is 5.69. The Bertz CT molecular complexity index is 1280. The highest BCUT2D eigenvalue weighted by molar-refractivity contribution is 7.92. The SMILES string of the molecule is CC(C)NC(=O)[C@H](Cc1ccccc1)N(Cc1ccccc1)C(=O)CN(c1ccc(Cl)cc1)S(C)(=O)=O. The maximum Gasteiger partial charge on any atom is 0.244 e. The molecule has 0 aliphatic heterocycles. The van der Waals surface area contributed by atoms with Crippen LogP contribution in [0.25, 0.3) is 0 Å². The van der Waals surface area contributed by atoms with Crippen LogP contribution < -0.4 is 9.62 Å². The number of nitrogens with zero attached hydrogens (tertiary/aromatic N) is 2. The van der Waals surface area contributed by atoms with Crippen LogP contribution in [0.3, 0.4) is 0 Å². The maximum absolute atomic E-state index is 13.9. The van der Waals surface area contributed by atoms with E-state index in [9.17, 15) is 18.0 Å². The number of nitrogens with one attached hydrogen (secondary N) is 1. The highest BCUT2D eigenvalue weighted by Gasteiger charge is 2.33. The van der Waals surface area contributed by atoms with Crippen LogP contribution in [-0.4, -0.2) is 50.0 Å². The molecule has 0 aliphatic carbocycles. The molecule has 0 saturated heterocycles. The van der Waals surface area contributed by atoms with E-state index in [1.807, 2.05) is 74.5 Å². The summed E-state index contributed by atoms with van der Waals surface area (Å²) in [6.07, 6.45) is 1.32. The summed E-state index contributed by atoms with van der Waals surface area (Å²) in [5, 5.41) is 3.37. The molecule has 3 rings (SSSR count). The van der Waals surface area contributed by atoms with Gasteiger partial charge in [-0.3, -0.25) is 13.9 Å². The summed E-state index contributed by atoms with van der Waals surface area (Å²) < 4.78 is 26.5. The summed E-state index contributed by atoms with van der Waals surface area (Å²) in [4.78, 5) is 28.8. The van der Waals surface area contributed by atoms with Gasteiger partial charge in [0.25, 0.3) is 0 Å². The van der Waals surface area contributed by atoms with Gasteiger partial charge in [-0.1, -0.05) is 72.3 Å². The van der Waals surface area contributed by atoms with Gasteiger partial charge in [-0.05, 0) is 49.2 Å². The summed E-state index contributed by atoms with van der Waals surface area (Å²) >= 11 is 5.98. The lowest BCUT2D eigenvalue weighted by Gasteiger charge is -2.34. The first-order valence-electron chi connectivity index (χ1n) is 12.0. The predicted molar refractivity (Wildman–Crippen MR) is 148 cm³/mol. The largest absolute Gasteiger partial charge is 0.352 e. The molecule has 3 aromatic rings. The van der Waals surface area contributed by atoms with Crippen LogP contribution in [0.4, 0.5) is 5.69 Å². The fourth-order valence-electron chi connectivity index (χ4n) is 3.94. The Morgan fingerprint density at radius 1 is 0.865 bits per heavy atom. The summed E-state index contributed by atoms with van der Waals surface area (Å²) in [5.41, 5.74) is 2.02. The summed E-state index contributed by atoms with van der Waals surface area (Å²) in [5.74, 6) is -0.801. The minimum Gasteiger partial charge on any atom is -0.352 e. The van der Waals surface area contributed by atoms with Gasteiger partial charge in [0.15, 0.2) is 0 Å². The zero-order valence-electron chi connectivity index (χ0n) is 21.2. The number of carbonyl (C=O) groups excluding carboxylic acids is 2. The van der Waals surface area contributed by atoms with Gasteiger partial charge in [0.05, 0.1) is 11.9 Å². The molecule has 1 atom stereocenters. The third kappa shape index (κ3) is 8.33.